The van der Waals surface area contributed by atoms with Crippen molar-refractivity contribution < 1.29 is 19.1 Å². The standard InChI is InChI=1S/C28H25N5O4S/c34-25(31-22-12-14-29-15-13-22)21-8-10-23(11-9-21)33(27-30-16-18-38-27)26(35)24-7-4-17-32(24)28(36)37-19-20-5-2-1-3-6-20/h1-3,5-6,8-16,18,24H,4,7,17,19H2,(H,29,31,34). The van der Waals surface area contributed by atoms with Crippen LogP contribution in [-0.2, 0) is 16.1 Å². The third-order valence-electron chi connectivity index (χ3n) is 6.13. The average molecular weight is 528 g/mol. The fourth-order valence-electron chi connectivity index (χ4n) is 4.25. The molecule has 192 valence electrons. The van der Waals surface area contributed by atoms with Crippen molar-refractivity contribution in [2.45, 2.75) is 25.5 Å². The lowest BCUT2D eigenvalue weighted by atomic mass is 10.1. The van der Waals surface area contributed by atoms with Crippen LogP contribution in [0.25, 0.3) is 0 Å². The van der Waals surface area contributed by atoms with E-state index < -0.39 is 12.1 Å². The summed E-state index contributed by atoms with van der Waals surface area (Å²) in [6, 6.07) is 18.8. The van der Waals surface area contributed by atoms with Crippen LogP contribution >= 0.6 is 11.3 Å². The minimum atomic E-state index is -0.683. The van der Waals surface area contributed by atoms with Gasteiger partial charge in [0.1, 0.15) is 12.6 Å². The van der Waals surface area contributed by atoms with Crippen LogP contribution in [0.3, 0.4) is 0 Å². The van der Waals surface area contributed by atoms with Crippen LogP contribution < -0.4 is 10.2 Å². The van der Waals surface area contributed by atoms with Gasteiger partial charge in [-0.25, -0.2) is 9.78 Å². The number of ether oxygens (including phenoxy) is 1. The SMILES string of the molecule is O=C(Nc1ccncc1)c1ccc(N(C(=O)C2CCCN2C(=O)OCc2ccccc2)c2nccs2)cc1. The van der Waals surface area contributed by atoms with Gasteiger partial charge in [0.05, 0.1) is 5.69 Å². The zero-order valence-electron chi connectivity index (χ0n) is 20.4. The molecule has 38 heavy (non-hydrogen) atoms. The summed E-state index contributed by atoms with van der Waals surface area (Å²) in [7, 11) is 0. The highest BCUT2D eigenvalue weighted by molar-refractivity contribution is 7.13. The summed E-state index contributed by atoms with van der Waals surface area (Å²) in [4.78, 5) is 50.7. The van der Waals surface area contributed by atoms with E-state index in [0.29, 0.717) is 41.5 Å². The molecule has 0 radical (unpaired) electrons. The zero-order chi connectivity index (χ0) is 26.3. The largest absolute Gasteiger partial charge is 0.445 e. The highest BCUT2D eigenvalue weighted by atomic mass is 32.1. The number of carbonyl (C=O) groups is 3. The lowest BCUT2D eigenvalue weighted by Gasteiger charge is -2.28. The van der Waals surface area contributed by atoms with Gasteiger partial charge in [-0.2, -0.15) is 0 Å². The number of thiazole rings is 1. The second kappa shape index (κ2) is 11.7. The number of hydrogen-bond donors (Lipinski definition) is 1. The number of anilines is 3. The van der Waals surface area contributed by atoms with Crippen LogP contribution in [0.5, 0.6) is 0 Å². The minimum Gasteiger partial charge on any atom is -0.445 e. The van der Waals surface area contributed by atoms with Gasteiger partial charge in [-0.15, -0.1) is 11.3 Å². The van der Waals surface area contributed by atoms with Gasteiger partial charge in [0.15, 0.2) is 5.13 Å². The first-order chi connectivity index (χ1) is 18.6. The van der Waals surface area contributed by atoms with E-state index in [1.807, 2.05) is 30.3 Å². The van der Waals surface area contributed by atoms with Crippen LogP contribution in [-0.4, -0.2) is 45.4 Å². The fourth-order valence-corrected chi connectivity index (χ4v) is 4.92. The molecule has 1 N–H and O–H groups in total. The number of aromatic nitrogens is 2. The number of rotatable bonds is 7. The zero-order valence-corrected chi connectivity index (χ0v) is 21.2. The molecule has 1 aliphatic rings. The molecule has 9 nitrogen and oxygen atoms in total. The van der Waals surface area contributed by atoms with Gasteiger partial charge in [-0.05, 0) is 54.8 Å². The quantitative estimate of drug-likeness (QED) is 0.352. The molecule has 5 rings (SSSR count). The Labute approximate surface area is 223 Å². The third kappa shape index (κ3) is 5.70. The van der Waals surface area contributed by atoms with Gasteiger partial charge < -0.3 is 10.1 Å². The Kier molecular flexibility index (Phi) is 7.70. The summed E-state index contributed by atoms with van der Waals surface area (Å²) < 4.78 is 5.51. The lowest BCUT2D eigenvalue weighted by molar-refractivity contribution is -0.121. The fraction of sp³-hybridized carbons (Fsp3) is 0.179. The van der Waals surface area contributed by atoms with Crippen molar-refractivity contribution in [2.75, 3.05) is 16.8 Å². The molecule has 10 heteroatoms. The van der Waals surface area contributed by atoms with Crippen molar-refractivity contribution in [1.82, 2.24) is 14.9 Å². The van der Waals surface area contributed by atoms with E-state index in [-0.39, 0.29) is 18.4 Å². The average Bonchev–Trinajstić information content (AvgIpc) is 3.66. The number of hydrogen-bond acceptors (Lipinski definition) is 7. The summed E-state index contributed by atoms with van der Waals surface area (Å²) in [6.45, 7) is 0.570. The Morgan fingerprint density at radius 3 is 2.47 bits per heavy atom. The Morgan fingerprint density at radius 2 is 1.76 bits per heavy atom. The number of nitrogens with zero attached hydrogens (tertiary/aromatic N) is 4. The topological polar surface area (TPSA) is 105 Å². The van der Waals surface area contributed by atoms with E-state index >= 15 is 0 Å². The number of likely N-dealkylation sites (tertiary alicyclic amines) is 1. The van der Waals surface area contributed by atoms with Gasteiger partial charge in [-0.1, -0.05) is 30.3 Å². The van der Waals surface area contributed by atoms with Gasteiger partial charge in [0.25, 0.3) is 11.8 Å². The van der Waals surface area contributed by atoms with E-state index in [0.717, 1.165) is 5.56 Å². The molecular weight excluding hydrogens is 502 g/mol. The summed E-state index contributed by atoms with van der Waals surface area (Å²) in [5.74, 6) is -0.555. The maximum absolute atomic E-state index is 13.9. The molecule has 1 fully saturated rings. The number of benzene rings is 2. The smallest absolute Gasteiger partial charge is 0.410 e. The first-order valence-corrected chi connectivity index (χ1v) is 13.0. The maximum atomic E-state index is 13.9. The highest BCUT2D eigenvalue weighted by Crippen LogP contribution is 2.32. The first-order valence-electron chi connectivity index (χ1n) is 12.1. The second-order valence-electron chi connectivity index (χ2n) is 8.62. The summed E-state index contributed by atoms with van der Waals surface area (Å²) in [5, 5.41) is 5.08. The van der Waals surface area contributed by atoms with Crippen molar-refractivity contribution in [1.29, 1.82) is 0 Å². The van der Waals surface area contributed by atoms with E-state index in [4.69, 9.17) is 4.74 Å². The number of nitrogens with one attached hydrogen (secondary N) is 1. The second-order valence-corrected chi connectivity index (χ2v) is 9.49. The molecule has 3 heterocycles. The molecule has 2 aromatic carbocycles. The maximum Gasteiger partial charge on any atom is 0.410 e. The lowest BCUT2D eigenvalue weighted by Crippen LogP contribution is -2.46. The third-order valence-corrected chi connectivity index (χ3v) is 6.89. The molecule has 1 saturated heterocycles. The van der Waals surface area contributed by atoms with E-state index in [9.17, 15) is 14.4 Å². The first kappa shape index (κ1) is 25.1. The van der Waals surface area contributed by atoms with Gasteiger partial charge in [0, 0.05) is 41.8 Å². The molecule has 1 unspecified atom stereocenters. The summed E-state index contributed by atoms with van der Waals surface area (Å²) in [5.41, 5.74) is 2.49. The molecule has 0 spiro atoms. The monoisotopic (exact) mass is 527 g/mol. The molecule has 0 bridgehead atoms. The van der Waals surface area contributed by atoms with Crippen LogP contribution in [0.1, 0.15) is 28.8 Å². The van der Waals surface area contributed by atoms with E-state index in [1.165, 1.54) is 21.1 Å². The molecule has 1 atom stereocenters. The Balaban J connectivity index is 1.32. The van der Waals surface area contributed by atoms with E-state index in [1.54, 1.807) is 60.4 Å². The van der Waals surface area contributed by atoms with Crippen molar-refractivity contribution in [3.05, 3.63) is 102 Å². The summed E-state index contributed by atoms with van der Waals surface area (Å²) >= 11 is 1.32. The van der Waals surface area contributed by atoms with Crippen LogP contribution in [0.15, 0.2) is 90.7 Å². The minimum absolute atomic E-state index is 0.135. The Morgan fingerprint density at radius 1 is 1.00 bits per heavy atom. The van der Waals surface area contributed by atoms with Gasteiger partial charge in [0.2, 0.25) is 0 Å². The molecule has 0 aliphatic carbocycles. The number of amides is 3. The van der Waals surface area contributed by atoms with Gasteiger partial charge >= 0.3 is 6.09 Å². The highest BCUT2D eigenvalue weighted by Gasteiger charge is 2.39. The molecular formula is C28H25N5O4S. The molecule has 0 saturated carbocycles. The predicted molar refractivity (Wildman–Crippen MR) is 144 cm³/mol. The molecule has 2 aromatic heterocycles. The van der Waals surface area contributed by atoms with Crippen LogP contribution in [0.4, 0.5) is 21.3 Å². The molecule has 4 aromatic rings. The van der Waals surface area contributed by atoms with Gasteiger partial charge in [-0.3, -0.25) is 24.4 Å². The van der Waals surface area contributed by atoms with Crippen molar-refractivity contribution in [3.8, 4) is 0 Å². The van der Waals surface area contributed by atoms with Crippen molar-refractivity contribution >= 4 is 45.8 Å². The summed E-state index contributed by atoms with van der Waals surface area (Å²) in [6.07, 6.45) is 5.51. The Bertz CT molecular complexity index is 1380. The van der Waals surface area contributed by atoms with Crippen LogP contribution in [0, 0.1) is 0 Å². The Hall–Kier alpha value is -4.57. The number of carbonyl (C=O) groups excluding carboxylic acids is 3. The predicted octanol–water partition coefficient (Wildman–Crippen LogP) is 5.26. The van der Waals surface area contributed by atoms with Crippen molar-refractivity contribution in [2.24, 2.45) is 0 Å². The van der Waals surface area contributed by atoms with Crippen molar-refractivity contribution in [3.63, 3.8) is 0 Å². The molecule has 1 aliphatic heterocycles. The normalized spacial score (nSPS) is 14.6. The van der Waals surface area contributed by atoms with E-state index in [2.05, 4.69) is 15.3 Å². The van der Waals surface area contributed by atoms with Crippen LogP contribution in [0.2, 0.25) is 0 Å². The number of pyridine rings is 1. The molecule has 3 amide bonds.